The standard InChI is InChI=1S/C17H25NO2/c1-20-12-11-18-17(19)13-14-7-9-16(10-8-14)15-5-3-2-4-6-15/h7-10,15H,2-6,11-13H2,1H3,(H,18,19). The number of carbonyl (C=O) groups is 1. The van der Waals surface area contributed by atoms with Crippen molar-refractivity contribution in [3.63, 3.8) is 0 Å². The second kappa shape index (κ2) is 8.05. The quantitative estimate of drug-likeness (QED) is 0.810. The highest BCUT2D eigenvalue weighted by molar-refractivity contribution is 5.78. The van der Waals surface area contributed by atoms with Crippen molar-refractivity contribution in [1.82, 2.24) is 5.32 Å². The Balaban J connectivity index is 1.83. The minimum absolute atomic E-state index is 0.0625. The van der Waals surface area contributed by atoms with Gasteiger partial charge in [-0.05, 0) is 29.9 Å². The maximum Gasteiger partial charge on any atom is 0.224 e. The van der Waals surface area contributed by atoms with Crippen molar-refractivity contribution in [1.29, 1.82) is 0 Å². The second-order valence-electron chi connectivity index (χ2n) is 5.60. The van der Waals surface area contributed by atoms with Crippen LogP contribution in [0.4, 0.5) is 0 Å². The summed E-state index contributed by atoms with van der Waals surface area (Å²) in [5.41, 5.74) is 2.52. The smallest absolute Gasteiger partial charge is 0.224 e. The van der Waals surface area contributed by atoms with Crippen LogP contribution < -0.4 is 5.32 Å². The summed E-state index contributed by atoms with van der Waals surface area (Å²) in [5.74, 6) is 0.792. The van der Waals surface area contributed by atoms with Crippen LogP contribution in [0.3, 0.4) is 0 Å². The van der Waals surface area contributed by atoms with Crippen molar-refractivity contribution in [2.24, 2.45) is 0 Å². The van der Waals surface area contributed by atoms with Gasteiger partial charge in [-0.2, -0.15) is 0 Å². The van der Waals surface area contributed by atoms with Gasteiger partial charge in [-0.3, -0.25) is 4.79 Å². The molecule has 0 aliphatic heterocycles. The van der Waals surface area contributed by atoms with Crippen molar-refractivity contribution in [2.75, 3.05) is 20.3 Å². The van der Waals surface area contributed by atoms with Crippen LogP contribution in [0.15, 0.2) is 24.3 Å². The van der Waals surface area contributed by atoms with E-state index >= 15 is 0 Å². The van der Waals surface area contributed by atoms with E-state index in [1.807, 2.05) is 0 Å². The molecule has 1 amide bonds. The monoisotopic (exact) mass is 275 g/mol. The van der Waals surface area contributed by atoms with Crippen LogP contribution in [-0.2, 0) is 16.0 Å². The van der Waals surface area contributed by atoms with E-state index in [0.717, 1.165) is 11.5 Å². The van der Waals surface area contributed by atoms with Gasteiger partial charge in [0.1, 0.15) is 0 Å². The number of nitrogens with one attached hydrogen (secondary N) is 1. The molecule has 3 heteroatoms. The minimum atomic E-state index is 0.0625. The molecule has 0 saturated heterocycles. The first-order chi connectivity index (χ1) is 9.79. The fraction of sp³-hybridized carbons (Fsp3) is 0.588. The lowest BCUT2D eigenvalue weighted by molar-refractivity contribution is -0.120. The molecule has 0 heterocycles. The summed E-state index contributed by atoms with van der Waals surface area (Å²) in [5, 5.41) is 2.85. The van der Waals surface area contributed by atoms with Crippen molar-refractivity contribution < 1.29 is 9.53 Å². The molecule has 1 fully saturated rings. The van der Waals surface area contributed by atoms with E-state index in [1.54, 1.807) is 7.11 Å². The largest absolute Gasteiger partial charge is 0.383 e. The molecule has 0 spiro atoms. The van der Waals surface area contributed by atoms with E-state index in [9.17, 15) is 4.79 Å². The summed E-state index contributed by atoms with van der Waals surface area (Å²) in [6.45, 7) is 1.14. The topological polar surface area (TPSA) is 38.3 Å². The molecule has 1 aliphatic carbocycles. The average Bonchev–Trinajstić information content (AvgIpc) is 2.49. The predicted octanol–water partition coefficient (Wildman–Crippen LogP) is 3.04. The number of ether oxygens (including phenoxy) is 1. The van der Waals surface area contributed by atoms with Gasteiger partial charge in [-0.1, -0.05) is 43.5 Å². The molecule has 3 nitrogen and oxygen atoms in total. The van der Waals surface area contributed by atoms with E-state index in [4.69, 9.17) is 4.74 Å². The summed E-state index contributed by atoms with van der Waals surface area (Å²) in [6, 6.07) is 8.60. The fourth-order valence-electron chi connectivity index (χ4n) is 2.88. The lowest BCUT2D eigenvalue weighted by Crippen LogP contribution is -2.28. The van der Waals surface area contributed by atoms with E-state index in [2.05, 4.69) is 29.6 Å². The third-order valence-corrected chi connectivity index (χ3v) is 4.05. The normalized spacial score (nSPS) is 16.1. The van der Waals surface area contributed by atoms with Crippen LogP contribution in [0.2, 0.25) is 0 Å². The summed E-state index contributed by atoms with van der Waals surface area (Å²) >= 11 is 0. The van der Waals surface area contributed by atoms with Crippen molar-refractivity contribution in [3.8, 4) is 0 Å². The highest BCUT2D eigenvalue weighted by atomic mass is 16.5. The third-order valence-electron chi connectivity index (χ3n) is 4.05. The first kappa shape index (κ1) is 15.0. The molecule has 0 bridgehead atoms. The number of hydrogen-bond donors (Lipinski definition) is 1. The zero-order valence-corrected chi connectivity index (χ0v) is 12.4. The van der Waals surface area contributed by atoms with Crippen molar-refractivity contribution in [2.45, 2.75) is 44.4 Å². The molecular weight excluding hydrogens is 250 g/mol. The Hall–Kier alpha value is -1.35. The number of hydrogen-bond acceptors (Lipinski definition) is 2. The maximum absolute atomic E-state index is 11.7. The van der Waals surface area contributed by atoms with Crippen LogP contribution >= 0.6 is 0 Å². The molecule has 0 aromatic heterocycles. The first-order valence-electron chi connectivity index (χ1n) is 7.64. The molecule has 110 valence electrons. The van der Waals surface area contributed by atoms with E-state index in [1.165, 1.54) is 37.7 Å². The van der Waals surface area contributed by atoms with E-state index in [-0.39, 0.29) is 5.91 Å². The fourth-order valence-corrected chi connectivity index (χ4v) is 2.88. The Morgan fingerprint density at radius 2 is 1.90 bits per heavy atom. The second-order valence-corrected chi connectivity index (χ2v) is 5.60. The van der Waals surface area contributed by atoms with E-state index < -0.39 is 0 Å². The van der Waals surface area contributed by atoms with Gasteiger partial charge in [0, 0.05) is 13.7 Å². The van der Waals surface area contributed by atoms with Crippen molar-refractivity contribution in [3.05, 3.63) is 35.4 Å². The first-order valence-corrected chi connectivity index (χ1v) is 7.64. The Bertz CT molecular complexity index is 408. The molecule has 20 heavy (non-hydrogen) atoms. The summed E-state index contributed by atoms with van der Waals surface area (Å²) in [6.07, 6.45) is 7.18. The molecule has 1 N–H and O–H groups in total. The van der Waals surface area contributed by atoms with Gasteiger partial charge >= 0.3 is 0 Å². The summed E-state index contributed by atoms with van der Waals surface area (Å²) in [7, 11) is 1.64. The molecule has 1 aliphatic rings. The molecule has 1 saturated carbocycles. The molecule has 0 radical (unpaired) electrons. The third kappa shape index (κ3) is 4.64. The SMILES string of the molecule is COCCNC(=O)Cc1ccc(C2CCCCC2)cc1. The number of benzene rings is 1. The minimum Gasteiger partial charge on any atom is -0.383 e. The zero-order chi connectivity index (χ0) is 14.2. The van der Waals surface area contributed by atoms with E-state index in [0.29, 0.717) is 19.6 Å². The average molecular weight is 275 g/mol. The number of amides is 1. The lowest BCUT2D eigenvalue weighted by atomic mass is 9.84. The molecule has 2 rings (SSSR count). The van der Waals surface area contributed by atoms with Crippen LogP contribution in [0.5, 0.6) is 0 Å². The van der Waals surface area contributed by atoms with Crippen LogP contribution in [0.1, 0.15) is 49.1 Å². The number of rotatable bonds is 6. The zero-order valence-electron chi connectivity index (χ0n) is 12.4. The lowest BCUT2D eigenvalue weighted by Gasteiger charge is -2.22. The van der Waals surface area contributed by atoms with Crippen LogP contribution in [0.25, 0.3) is 0 Å². The van der Waals surface area contributed by atoms with Gasteiger partial charge in [-0.15, -0.1) is 0 Å². The Morgan fingerprint density at radius 3 is 2.55 bits per heavy atom. The maximum atomic E-state index is 11.7. The van der Waals surface area contributed by atoms with Gasteiger partial charge in [-0.25, -0.2) is 0 Å². The van der Waals surface area contributed by atoms with Crippen LogP contribution in [0, 0.1) is 0 Å². The molecule has 1 aromatic rings. The highest BCUT2D eigenvalue weighted by Gasteiger charge is 2.15. The summed E-state index contributed by atoms with van der Waals surface area (Å²) in [4.78, 5) is 11.7. The van der Waals surface area contributed by atoms with Gasteiger partial charge in [0.15, 0.2) is 0 Å². The molecule has 1 aromatic carbocycles. The number of methoxy groups -OCH3 is 1. The molecule has 0 unspecified atom stereocenters. The van der Waals surface area contributed by atoms with Crippen molar-refractivity contribution >= 4 is 5.91 Å². The Morgan fingerprint density at radius 1 is 1.20 bits per heavy atom. The van der Waals surface area contributed by atoms with Gasteiger partial charge in [0.25, 0.3) is 0 Å². The molecular formula is C17H25NO2. The predicted molar refractivity (Wildman–Crippen MR) is 80.9 cm³/mol. The highest BCUT2D eigenvalue weighted by Crippen LogP contribution is 2.32. The van der Waals surface area contributed by atoms with Crippen LogP contribution in [-0.4, -0.2) is 26.2 Å². The van der Waals surface area contributed by atoms with Gasteiger partial charge < -0.3 is 10.1 Å². The Labute approximate surface area is 121 Å². The summed E-state index contributed by atoms with van der Waals surface area (Å²) < 4.78 is 4.91. The molecule has 0 atom stereocenters. The van der Waals surface area contributed by atoms with Gasteiger partial charge in [0.2, 0.25) is 5.91 Å². The number of carbonyl (C=O) groups excluding carboxylic acids is 1. The van der Waals surface area contributed by atoms with Gasteiger partial charge in [0.05, 0.1) is 13.0 Å². The Kier molecular flexibility index (Phi) is 6.06.